The minimum absolute atomic E-state index is 0.0383. The summed E-state index contributed by atoms with van der Waals surface area (Å²) in [7, 11) is 1.37. The third-order valence-electron chi connectivity index (χ3n) is 6.29. The number of hydrogen-bond acceptors (Lipinski definition) is 6. The number of esters is 1. The van der Waals surface area contributed by atoms with Gasteiger partial charge in [-0.1, -0.05) is 44.2 Å². The first kappa shape index (κ1) is 24.9. The van der Waals surface area contributed by atoms with Crippen molar-refractivity contribution in [3.63, 3.8) is 0 Å². The van der Waals surface area contributed by atoms with E-state index in [2.05, 4.69) is 41.2 Å². The molecule has 0 spiro atoms. The van der Waals surface area contributed by atoms with Crippen LogP contribution in [0, 0.1) is 5.92 Å². The van der Waals surface area contributed by atoms with Crippen LogP contribution in [0.3, 0.4) is 0 Å². The molecule has 0 saturated carbocycles. The Morgan fingerprint density at radius 1 is 1.08 bits per heavy atom. The molecule has 0 radical (unpaired) electrons. The normalized spacial score (nSPS) is 14.8. The summed E-state index contributed by atoms with van der Waals surface area (Å²) < 4.78 is 7.05. The number of nitrogens with zero attached hydrogens (tertiary/aromatic N) is 2. The minimum Gasteiger partial charge on any atom is -0.465 e. The van der Waals surface area contributed by atoms with Crippen molar-refractivity contribution in [2.24, 2.45) is 5.92 Å². The molecule has 1 aliphatic rings. The van der Waals surface area contributed by atoms with Crippen molar-refractivity contribution in [1.29, 1.82) is 0 Å². The Bertz CT molecular complexity index is 1450. The predicted molar refractivity (Wildman–Crippen MR) is 150 cm³/mol. The first-order valence-corrected chi connectivity index (χ1v) is 13.5. The van der Waals surface area contributed by atoms with E-state index in [-0.39, 0.29) is 17.9 Å². The summed E-state index contributed by atoms with van der Waals surface area (Å²) in [5.74, 6) is 2.30. The third-order valence-corrected chi connectivity index (χ3v) is 7.40. The molecule has 1 amide bonds. The summed E-state index contributed by atoms with van der Waals surface area (Å²) in [5.41, 5.74) is 5.93. The van der Waals surface area contributed by atoms with Crippen LogP contribution in [-0.2, 0) is 21.8 Å². The summed E-state index contributed by atoms with van der Waals surface area (Å²) in [5, 5.41) is 6.48. The van der Waals surface area contributed by atoms with Gasteiger partial charge in [-0.15, -0.1) is 0 Å². The molecule has 1 aliphatic heterocycles. The summed E-state index contributed by atoms with van der Waals surface area (Å²) in [4.78, 5) is 29.8. The quantitative estimate of drug-likeness (QED) is 0.289. The molecule has 0 fully saturated rings. The van der Waals surface area contributed by atoms with Gasteiger partial charge in [-0.3, -0.25) is 4.79 Å². The molecule has 0 saturated heterocycles. The lowest BCUT2D eigenvalue weighted by Gasteiger charge is -2.27. The molecule has 190 valence electrons. The van der Waals surface area contributed by atoms with Crippen LogP contribution in [-0.4, -0.2) is 40.3 Å². The highest BCUT2D eigenvalue weighted by molar-refractivity contribution is 7.98. The molecule has 37 heavy (non-hydrogen) atoms. The Balaban J connectivity index is 1.40. The van der Waals surface area contributed by atoms with Gasteiger partial charge < -0.3 is 19.9 Å². The maximum Gasteiger partial charge on any atom is 0.337 e. The lowest BCUT2D eigenvalue weighted by molar-refractivity contribution is -0.116. The number of amides is 1. The van der Waals surface area contributed by atoms with E-state index in [9.17, 15) is 9.59 Å². The summed E-state index contributed by atoms with van der Waals surface area (Å²) in [6.45, 7) is 5.09. The van der Waals surface area contributed by atoms with E-state index in [0.29, 0.717) is 17.2 Å². The van der Waals surface area contributed by atoms with Crippen LogP contribution in [0.15, 0.2) is 66.7 Å². The molecule has 4 aromatic rings. The Labute approximate surface area is 220 Å². The zero-order chi connectivity index (χ0) is 25.9. The number of anilines is 2. The number of methoxy groups -OCH3 is 1. The highest BCUT2D eigenvalue weighted by Gasteiger charge is 2.26. The van der Waals surface area contributed by atoms with E-state index in [0.717, 1.165) is 46.1 Å². The van der Waals surface area contributed by atoms with Gasteiger partial charge in [0.1, 0.15) is 11.9 Å². The second-order valence-corrected chi connectivity index (χ2v) is 10.6. The first-order valence-electron chi connectivity index (χ1n) is 12.3. The lowest BCUT2D eigenvalue weighted by Crippen LogP contribution is -2.40. The average molecular weight is 515 g/mol. The zero-order valence-electron chi connectivity index (χ0n) is 21.2. The number of aromatic nitrogens is 2. The van der Waals surface area contributed by atoms with Crippen molar-refractivity contribution in [3.05, 3.63) is 77.9 Å². The smallest absolute Gasteiger partial charge is 0.337 e. The van der Waals surface area contributed by atoms with E-state index < -0.39 is 0 Å². The largest absolute Gasteiger partial charge is 0.465 e. The summed E-state index contributed by atoms with van der Waals surface area (Å²) >= 11 is 1.74. The van der Waals surface area contributed by atoms with Gasteiger partial charge in [-0.25, -0.2) is 9.78 Å². The Hall–Kier alpha value is -3.78. The number of carbonyl (C=O) groups is 2. The van der Waals surface area contributed by atoms with Gasteiger partial charge in [0.05, 0.1) is 35.1 Å². The topological polar surface area (TPSA) is 85.2 Å². The molecule has 8 heteroatoms. The number of nitrogens with one attached hydrogen (secondary N) is 2. The van der Waals surface area contributed by atoms with Crippen LogP contribution in [0.5, 0.6) is 0 Å². The van der Waals surface area contributed by atoms with Crippen LogP contribution in [0.2, 0.25) is 0 Å². The molecule has 1 aromatic heterocycles. The van der Waals surface area contributed by atoms with Crippen molar-refractivity contribution in [2.75, 3.05) is 23.5 Å². The van der Waals surface area contributed by atoms with Crippen molar-refractivity contribution in [3.8, 4) is 11.4 Å². The molecule has 2 N–H and O–H groups in total. The van der Waals surface area contributed by atoms with Crippen molar-refractivity contribution in [1.82, 2.24) is 9.55 Å². The number of thioether (sulfide) groups is 1. The second-order valence-electron chi connectivity index (χ2n) is 9.58. The fraction of sp³-hybridized carbons (Fsp3) is 0.276. The van der Waals surface area contributed by atoms with Crippen LogP contribution >= 0.6 is 11.8 Å². The third kappa shape index (κ3) is 5.34. The van der Waals surface area contributed by atoms with Crippen molar-refractivity contribution in [2.45, 2.75) is 32.2 Å². The van der Waals surface area contributed by atoms with Gasteiger partial charge in [0.25, 0.3) is 0 Å². The molecule has 0 unspecified atom stereocenters. The highest BCUT2D eigenvalue weighted by Crippen LogP contribution is 2.34. The molecule has 5 rings (SSSR count). The monoisotopic (exact) mass is 514 g/mol. The van der Waals surface area contributed by atoms with Gasteiger partial charge in [0, 0.05) is 23.6 Å². The van der Waals surface area contributed by atoms with Crippen LogP contribution in [0.4, 0.5) is 11.4 Å². The van der Waals surface area contributed by atoms with Gasteiger partial charge in [-0.05, 0) is 47.9 Å². The highest BCUT2D eigenvalue weighted by atomic mass is 32.2. The average Bonchev–Trinajstić information content (AvgIpc) is 3.25. The maximum absolute atomic E-state index is 12.9. The molecule has 7 nitrogen and oxygen atoms in total. The Kier molecular flexibility index (Phi) is 7.19. The number of benzene rings is 3. The first-order chi connectivity index (χ1) is 17.9. The van der Waals surface area contributed by atoms with Crippen molar-refractivity contribution >= 4 is 46.0 Å². The van der Waals surface area contributed by atoms with Crippen molar-refractivity contribution < 1.29 is 14.3 Å². The zero-order valence-corrected chi connectivity index (χ0v) is 22.0. The number of rotatable bonds is 8. The number of fused-ring (bicyclic) bond motifs is 2. The Morgan fingerprint density at radius 3 is 2.65 bits per heavy atom. The predicted octanol–water partition coefficient (Wildman–Crippen LogP) is 5.81. The van der Waals surface area contributed by atoms with E-state index >= 15 is 0 Å². The van der Waals surface area contributed by atoms with E-state index in [1.807, 2.05) is 42.5 Å². The second kappa shape index (κ2) is 10.7. The molecule has 0 aliphatic carbocycles. The lowest BCUT2D eigenvalue weighted by atomic mass is 10.1. The van der Waals surface area contributed by atoms with E-state index in [4.69, 9.17) is 9.72 Å². The van der Waals surface area contributed by atoms with Crippen LogP contribution < -0.4 is 10.6 Å². The van der Waals surface area contributed by atoms with E-state index in [1.54, 1.807) is 23.9 Å². The number of imidazole rings is 1. The molecular formula is C29H30N4O3S. The Morgan fingerprint density at radius 2 is 1.89 bits per heavy atom. The number of ether oxygens (including phenoxy) is 1. The molecule has 0 bridgehead atoms. The molecule has 1 atom stereocenters. The maximum atomic E-state index is 12.9. The minimum atomic E-state index is -0.388. The van der Waals surface area contributed by atoms with Gasteiger partial charge in [0.2, 0.25) is 5.91 Å². The standard InChI is InChI=1S/C29H30N4O3S/c1-18(2)15-33-26-12-10-21(29(35)36-3)14-24(26)31-27(33)20-9-11-22-23(13-20)32-28(34)25(30-22)17-37-16-19-7-5-4-6-8-19/h4-14,18,25,30H,15-17H2,1-3H3,(H,32,34)/t25-/m0/s1. The molecular weight excluding hydrogens is 484 g/mol. The van der Waals surface area contributed by atoms with Gasteiger partial charge in [0.15, 0.2) is 0 Å². The summed E-state index contributed by atoms with van der Waals surface area (Å²) in [6.07, 6.45) is 0. The fourth-order valence-electron chi connectivity index (χ4n) is 4.52. The SMILES string of the molecule is COC(=O)c1ccc2c(c1)nc(-c1ccc3c(c1)NC(=O)[C@H](CSCc1ccccc1)N3)n2CC(C)C. The number of carbonyl (C=O) groups excluding carboxylic acids is 2. The van der Waals surface area contributed by atoms with E-state index in [1.165, 1.54) is 12.7 Å². The van der Waals surface area contributed by atoms with Crippen LogP contribution in [0.1, 0.15) is 29.8 Å². The van der Waals surface area contributed by atoms with Crippen LogP contribution in [0.25, 0.3) is 22.4 Å². The number of hydrogen-bond donors (Lipinski definition) is 2. The molecule has 3 aromatic carbocycles. The van der Waals surface area contributed by atoms with Gasteiger partial charge in [-0.2, -0.15) is 11.8 Å². The summed E-state index contributed by atoms with van der Waals surface area (Å²) in [6, 6.07) is 21.4. The fourth-order valence-corrected chi connectivity index (χ4v) is 5.53. The van der Waals surface area contributed by atoms with Gasteiger partial charge >= 0.3 is 5.97 Å². The molecule has 2 heterocycles.